The van der Waals surface area contributed by atoms with E-state index in [2.05, 4.69) is 34.6 Å². The molecule has 37 heavy (non-hydrogen) atoms. The standard InChI is InChI=1S/C32H52O5/c1-20(34)36-19-32-14-9-22(31(6)18-37-31)26(32)21-7-8-24-27(2)12-11-25(35)28(3,17-33)23(27)10-13-30(24,5)29(21,4)15-16-32/h21-26,33,35H,7-19H2,1-6H3/t21?,22-,23?,24?,25+,26?,27+,28+,29-,30-,31?,32-/m1/s1. The second-order valence-corrected chi connectivity index (χ2v) is 15.8. The van der Waals surface area contributed by atoms with Gasteiger partial charge in [-0.3, -0.25) is 4.79 Å². The highest BCUT2D eigenvalue weighted by molar-refractivity contribution is 5.65. The predicted molar refractivity (Wildman–Crippen MR) is 143 cm³/mol. The highest BCUT2D eigenvalue weighted by Gasteiger charge is 2.73. The summed E-state index contributed by atoms with van der Waals surface area (Å²) >= 11 is 0. The minimum absolute atomic E-state index is 0.00469. The summed E-state index contributed by atoms with van der Waals surface area (Å²) in [7, 11) is 0. The Morgan fingerprint density at radius 2 is 1.59 bits per heavy atom. The molecule has 6 rings (SSSR count). The Morgan fingerprint density at radius 3 is 2.24 bits per heavy atom. The average molecular weight is 517 g/mol. The molecule has 1 heterocycles. The van der Waals surface area contributed by atoms with Gasteiger partial charge in [0.25, 0.3) is 0 Å². The van der Waals surface area contributed by atoms with Crippen LogP contribution in [0.5, 0.6) is 0 Å². The van der Waals surface area contributed by atoms with Crippen molar-refractivity contribution >= 4 is 5.97 Å². The fraction of sp³-hybridized carbons (Fsp3) is 0.969. The first-order chi connectivity index (χ1) is 17.3. The monoisotopic (exact) mass is 516 g/mol. The van der Waals surface area contributed by atoms with Crippen molar-refractivity contribution in [1.29, 1.82) is 0 Å². The van der Waals surface area contributed by atoms with Crippen LogP contribution in [0.25, 0.3) is 0 Å². The molecule has 210 valence electrons. The van der Waals surface area contributed by atoms with Gasteiger partial charge in [-0.25, -0.2) is 0 Å². The lowest BCUT2D eigenvalue weighted by Gasteiger charge is -2.73. The van der Waals surface area contributed by atoms with E-state index in [1.54, 1.807) is 6.92 Å². The number of fused-ring (bicyclic) bond motifs is 7. The van der Waals surface area contributed by atoms with Crippen molar-refractivity contribution in [3.05, 3.63) is 0 Å². The van der Waals surface area contributed by atoms with Gasteiger partial charge in [-0.2, -0.15) is 0 Å². The number of carbonyl (C=O) groups excluding carboxylic acids is 1. The van der Waals surface area contributed by atoms with E-state index in [0.717, 1.165) is 38.7 Å². The van der Waals surface area contributed by atoms with Crippen molar-refractivity contribution in [2.45, 2.75) is 117 Å². The summed E-state index contributed by atoms with van der Waals surface area (Å²) in [5.41, 5.74) is 0.353. The van der Waals surface area contributed by atoms with Gasteiger partial charge in [0.2, 0.25) is 0 Å². The van der Waals surface area contributed by atoms with E-state index in [1.165, 1.54) is 32.1 Å². The second-order valence-electron chi connectivity index (χ2n) is 15.8. The summed E-state index contributed by atoms with van der Waals surface area (Å²) in [6.07, 6.45) is 11.0. The Morgan fingerprint density at radius 1 is 0.865 bits per heavy atom. The van der Waals surface area contributed by atoms with Gasteiger partial charge in [-0.15, -0.1) is 0 Å². The Labute approximate surface area is 224 Å². The summed E-state index contributed by atoms with van der Waals surface area (Å²) in [6, 6.07) is 0. The van der Waals surface area contributed by atoms with Crippen LogP contribution in [0.2, 0.25) is 0 Å². The highest BCUT2D eigenvalue weighted by atomic mass is 16.6. The first-order valence-corrected chi connectivity index (χ1v) is 15.4. The number of carbonyl (C=O) groups is 1. The minimum atomic E-state index is -0.401. The number of aliphatic hydroxyl groups excluding tert-OH is 2. The summed E-state index contributed by atoms with van der Waals surface area (Å²) in [5, 5.41) is 21.5. The predicted octanol–water partition coefficient (Wildman–Crippen LogP) is 5.75. The smallest absolute Gasteiger partial charge is 0.302 e. The normalized spacial score (nSPS) is 58.5. The lowest BCUT2D eigenvalue weighted by Crippen LogP contribution is -2.67. The molecule has 1 saturated heterocycles. The van der Waals surface area contributed by atoms with E-state index in [-0.39, 0.29) is 39.8 Å². The number of aliphatic hydroxyl groups is 2. The Hall–Kier alpha value is -0.650. The van der Waals surface area contributed by atoms with Crippen LogP contribution in [-0.2, 0) is 14.3 Å². The maximum atomic E-state index is 11.9. The molecular weight excluding hydrogens is 464 g/mol. The molecule has 0 amide bonds. The first-order valence-electron chi connectivity index (χ1n) is 15.4. The van der Waals surface area contributed by atoms with Crippen molar-refractivity contribution in [3.63, 3.8) is 0 Å². The van der Waals surface area contributed by atoms with Crippen LogP contribution in [0, 0.1) is 56.7 Å². The molecule has 5 unspecified atom stereocenters. The van der Waals surface area contributed by atoms with Crippen LogP contribution < -0.4 is 0 Å². The molecule has 5 nitrogen and oxygen atoms in total. The highest BCUT2D eigenvalue weighted by Crippen LogP contribution is 2.78. The van der Waals surface area contributed by atoms with Gasteiger partial charge in [0, 0.05) is 17.8 Å². The molecule has 5 saturated carbocycles. The maximum absolute atomic E-state index is 11.9. The first kappa shape index (κ1) is 26.6. The van der Waals surface area contributed by atoms with Gasteiger partial charge >= 0.3 is 5.97 Å². The number of hydrogen-bond donors (Lipinski definition) is 2. The molecule has 0 spiro atoms. The third-order valence-electron chi connectivity index (χ3n) is 14.7. The molecule has 0 aromatic rings. The molecule has 2 N–H and O–H groups in total. The van der Waals surface area contributed by atoms with Crippen molar-refractivity contribution in [2.24, 2.45) is 56.7 Å². The molecule has 6 aliphatic rings. The Bertz CT molecular complexity index is 945. The molecule has 12 atom stereocenters. The van der Waals surface area contributed by atoms with Gasteiger partial charge in [0.15, 0.2) is 0 Å². The van der Waals surface area contributed by atoms with Crippen LogP contribution in [-0.4, -0.2) is 47.7 Å². The van der Waals surface area contributed by atoms with Crippen molar-refractivity contribution in [3.8, 4) is 0 Å². The fourth-order valence-corrected chi connectivity index (χ4v) is 12.3. The molecule has 0 aromatic carbocycles. The number of rotatable bonds is 4. The molecule has 1 aliphatic heterocycles. The zero-order valence-corrected chi connectivity index (χ0v) is 24.3. The number of esters is 1. The van der Waals surface area contributed by atoms with Crippen LogP contribution in [0.3, 0.4) is 0 Å². The van der Waals surface area contributed by atoms with E-state index in [4.69, 9.17) is 9.47 Å². The molecule has 5 aliphatic carbocycles. The van der Waals surface area contributed by atoms with Crippen LogP contribution in [0.4, 0.5) is 0 Å². The molecule has 0 bridgehead atoms. The lowest BCUT2D eigenvalue weighted by atomic mass is 9.32. The fourth-order valence-electron chi connectivity index (χ4n) is 12.3. The van der Waals surface area contributed by atoms with E-state index >= 15 is 0 Å². The molecule has 6 fully saturated rings. The van der Waals surface area contributed by atoms with Gasteiger partial charge in [0.05, 0.1) is 31.5 Å². The topological polar surface area (TPSA) is 79.3 Å². The number of epoxide rings is 1. The summed E-state index contributed by atoms with van der Waals surface area (Å²) in [6.45, 7) is 15.4. The van der Waals surface area contributed by atoms with Gasteiger partial charge < -0.3 is 19.7 Å². The summed E-state index contributed by atoms with van der Waals surface area (Å²) < 4.78 is 11.9. The second kappa shape index (κ2) is 8.19. The van der Waals surface area contributed by atoms with Crippen LogP contribution in [0.15, 0.2) is 0 Å². The summed E-state index contributed by atoms with van der Waals surface area (Å²) in [4.78, 5) is 11.9. The molecule has 0 aromatic heterocycles. The Kier molecular flexibility index (Phi) is 5.88. The lowest BCUT2D eigenvalue weighted by molar-refractivity contribution is -0.257. The van der Waals surface area contributed by atoms with Crippen LogP contribution in [0.1, 0.15) is 106 Å². The minimum Gasteiger partial charge on any atom is -0.465 e. The zero-order valence-electron chi connectivity index (χ0n) is 24.3. The molecule has 0 radical (unpaired) electrons. The van der Waals surface area contributed by atoms with Gasteiger partial charge in [-0.1, -0.05) is 27.7 Å². The van der Waals surface area contributed by atoms with Crippen molar-refractivity contribution in [1.82, 2.24) is 0 Å². The molecule has 5 heteroatoms. The molecular formula is C32H52O5. The number of ether oxygens (including phenoxy) is 2. The summed E-state index contributed by atoms with van der Waals surface area (Å²) in [5.74, 6) is 2.58. The average Bonchev–Trinajstić information content (AvgIpc) is 3.47. The largest absolute Gasteiger partial charge is 0.465 e. The zero-order chi connectivity index (χ0) is 26.6. The van der Waals surface area contributed by atoms with E-state index < -0.39 is 11.5 Å². The van der Waals surface area contributed by atoms with E-state index in [1.807, 2.05) is 0 Å². The van der Waals surface area contributed by atoms with E-state index in [9.17, 15) is 15.0 Å². The third-order valence-corrected chi connectivity index (χ3v) is 14.7. The Balaban J connectivity index is 1.37. The van der Waals surface area contributed by atoms with Crippen molar-refractivity contribution in [2.75, 3.05) is 19.8 Å². The van der Waals surface area contributed by atoms with E-state index in [0.29, 0.717) is 36.2 Å². The quantitative estimate of drug-likeness (QED) is 0.367. The number of hydrogen-bond acceptors (Lipinski definition) is 5. The van der Waals surface area contributed by atoms with Crippen LogP contribution >= 0.6 is 0 Å². The van der Waals surface area contributed by atoms with Gasteiger partial charge in [0.1, 0.15) is 0 Å². The van der Waals surface area contributed by atoms with Crippen molar-refractivity contribution < 1.29 is 24.5 Å². The SMILES string of the molecule is CC(=O)OC[C@]12CC[C@@H](C3(C)CO3)C1C1CCC3[C@@]4(C)CC[C@H](O)[C@@](C)(CO)C4CC[C@@]3(C)[C@]1(C)CC2. The third kappa shape index (κ3) is 3.35. The van der Waals surface area contributed by atoms with Gasteiger partial charge in [-0.05, 0) is 117 Å². The maximum Gasteiger partial charge on any atom is 0.302 e.